The van der Waals surface area contributed by atoms with Crippen molar-refractivity contribution in [3.63, 3.8) is 0 Å². The molecule has 1 fully saturated rings. The van der Waals surface area contributed by atoms with E-state index in [0.29, 0.717) is 22.3 Å². The van der Waals surface area contributed by atoms with E-state index < -0.39 is 0 Å². The quantitative estimate of drug-likeness (QED) is 0.819. The summed E-state index contributed by atoms with van der Waals surface area (Å²) < 4.78 is 0. The highest BCUT2D eigenvalue weighted by atomic mass is 35.5. The molecule has 1 heterocycles. The van der Waals surface area contributed by atoms with E-state index >= 15 is 0 Å². The maximum absolute atomic E-state index is 12.3. The first-order chi connectivity index (χ1) is 9.08. The molecule has 0 aliphatic heterocycles. The van der Waals surface area contributed by atoms with Gasteiger partial charge >= 0.3 is 0 Å². The van der Waals surface area contributed by atoms with E-state index in [4.69, 9.17) is 17.3 Å². The first-order valence-electron chi connectivity index (χ1n) is 6.80. The molecule has 4 nitrogen and oxygen atoms in total. The Balaban J connectivity index is 2.09. The van der Waals surface area contributed by atoms with Crippen molar-refractivity contribution in [3.8, 4) is 0 Å². The van der Waals surface area contributed by atoms with Gasteiger partial charge in [-0.05, 0) is 24.8 Å². The molecule has 1 aromatic heterocycles. The average molecular weight is 282 g/mol. The number of halogens is 1. The summed E-state index contributed by atoms with van der Waals surface area (Å²) in [4.78, 5) is 16.1. The number of aromatic nitrogens is 1. The van der Waals surface area contributed by atoms with Gasteiger partial charge in [-0.15, -0.1) is 0 Å². The normalized spacial score (nSPS) is 23.7. The van der Waals surface area contributed by atoms with Crippen LogP contribution in [0.3, 0.4) is 0 Å². The van der Waals surface area contributed by atoms with Crippen molar-refractivity contribution in [2.75, 3.05) is 5.73 Å². The number of amides is 1. The zero-order valence-electron chi connectivity index (χ0n) is 11.2. The number of hydrogen-bond donors (Lipinski definition) is 2. The molecule has 2 atom stereocenters. The van der Waals surface area contributed by atoms with Gasteiger partial charge < -0.3 is 11.1 Å². The van der Waals surface area contributed by atoms with Crippen molar-refractivity contribution in [2.24, 2.45) is 5.92 Å². The molecule has 0 bridgehead atoms. The summed E-state index contributed by atoms with van der Waals surface area (Å²) in [6.07, 6.45) is 7.28. The van der Waals surface area contributed by atoms with Gasteiger partial charge in [0, 0.05) is 12.2 Å². The number of carbonyl (C=O) groups excluding carboxylic acids is 1. The summed E-state index contributed by atoms with van der Waals surface area (Å²) in [5.41, 5.74) is 6.01. The van der Waals surface area contributed by atoms with E-state index in [1.54, 1.807) is 0 Å². The lowest BCUT2D eigenvalue weighted by atomic mass is 9.96. The molecule has 19 heavy (non-hydrogen) atoms. The predicted octanol–water partition coefficient (Wildman–Crippen LogP) is 3.02. The van der Waals surface area contributed by atoms with Crippen molar-refractivity contribution < 1.29 is 4.79 Å². The molecule has 0 saturated heterocycles. The summed E-state index contributed by atoms with van der Waals surface area (Å²) in [5, 5.41) is 3.43. The van der Waals surface area contributed by atoms with Crippen LogP contribution in [0.25, 0.3) is 0 Å². The Kier molecular flexibility index (Phi) is 4.64. The lowest BCUT2D eigenvalue weighted by Crippen LogP contribution is -2.39. The van der Waals surface area contributed by atoms with Gasteiger partial charge in [0.15, 0.2) is 0 Å². The zero-order valence-corrected chi connectivity index (χ0v) is 11.9. The van der Waals surface area contributed by atoms with Gasteiger partial charge in [-0.2, -0.15) is 0 Å². The minimum absolute atomic E-state index is 0.155. The number of nitrogens with two attached hydrogens (primary N) is 1. The highest BCUT2D eigenvalue weighted by Gasteiger charge is 2.23. The monoisotopic (exact) mass is 281 g/mol. The molecule has 3 N–H and O–H groups in total. The standard InChI is InChI=1S/C14H20ClN3O/c1-9-5-3-2-4-6-12(9)18-14(19)10-7-13(16)17-8-11(10)15/h7-9,12H,2-6H2,1H3,(H2,16,17)(H,18,19). The Morgan fingerprint density at radius 1 is 1.42 bits per heavy atom. The molecule has 1 aliphatic rings. The van der Waals surface area contributed by atoms with E-state index in [0.717, 1.165) is 12.8 Å². The van der Waals surface area contributed by atoms with Crippen molar-refractivity contribution in [1.29, 1.82) is 0 Å². The Morgan fingerprint density at radius 2 is 2.16 bits per heavy atom. The molecule has 1 saturated carbocycles. The molecule has 0 radical (unpaired) electrons. The molecule has 1 aromatic rings. The van der Waals surface area contributed by atoms with E-state index in [1.807, 2.05) is 0 Å². The van der Waals surface area contributed by atoms with Crippen LogP contribution in [0.2, 0.25) is 5.02 Å². The summed E-state index contributed by atoms with van der Waals surface area (Å²) >= 11 is 6.00. The number of anilines is 1. The van der Waals surface area contributed by atoms with E-state index in [9.17, 15) is 4.79 Å². The minimum atomic E-state index is -0.155. The van der Waals surface area contributed by atoms with Crippen LogP contribution in [0.1, 0.15) is 49.4 Å². The minimum Gasteiger partial charge on any atom is -0.384 e. The van der Waals surface area contributed by atoms with Crippen molar-refractivity contribution in [1.82, 2.24) is 10.3 Å². The average Bonchev–Trinajstić information content (AvgIpc) is 2.58. The Bertz CT molecular complexity index is 464. The highest BCUT2D eigenvalue weighted by molar-refractivity contribution is 6.33. The molecule has 2 unspecified atom stereocenters. The molecule has 5 heteroatoms. The van der Waals surface area contributed by atoms with Crippen LogP contribution in [-0.2, 0) is 0 Å². The molecule has 0 aromatic carbocycles. The van der Waals surface area contributed by atoms with Gasteiger partial charge in [-0.3, -0.25) is 4.79 Å². The lowest BCUT2D eigenvalue weighted by molar-refractivity contribution is 0.0921. The number of nitrogens with zero attached hydrogens (tertiary/aromatic N) is 1. The topological polar surface area (TPSA) is 68.0 Å². The van der Waals surface area contributed by atoms with Crippen LogP contribution < -0.4 is 11.1 Å². The molecule has 104 valence electrons. The molecular formula is C14H20ClN3O. The lowest BCUT2D eigenvalue weighted by Gasteiger charge is -2.23. The Hall–Kier alpha value is -1.29. The predicted molar refractivity (Wildman–Crippen MR) is 77.2 cm³/mol. The van der Waals surface area contributed by atoms with Crippen LogP contribution in [0.15, 0.2) is 12.3 Å². The van der Waals surface area contributed by atoms with Crippen molar-refractivity contribution in [2.45, 2.75) is 45.1 Å². The summed E-state index contributed by atoms with van der Waals surface area (Å²) in [5.74, 6) is 0.658. The summed E-state index contributed by atoms with van der Waals surface area (Å²) in [6.45, 7) is 2.19. The maximum atomic E-state index is 12.3. The zero-order chi connectivity index (χ0) is 13.8. The van der Waals surface area contributed by atoms with E-state index in [-0.39, 0.29) is 11.9 Å². The largest absolute Gasteiger partial charge is 0.384 e. The van der Waals surface area contributed by atoms with Gasteiger partial charge in [-0.25, -0.2) is 4.98 Å². The SMILES string of the molecule is CC1CCCCCC1NC(=O)c1cc(N)ncc1Cl. The smallest absolute Gasteiger partial charge is 0.253 e. The number of nitrogens with one attached hydrogen (secondary N) is 1. The van der Waals surface area contributed by atoms with Crippen LogP contribution in [0, 0.1) is 5.92 Å². The van der Waals surface area contributed by atoms with Gasteiger partial charge in [0.1, 0.15) is 5.82 Å². The third-order valence-electron chi connectivity index (χ3n) is 3.80. The van der Waals surface area contributed by atoms with Gasteiger partial charge in [-0.1, -0.05) is 37.8 Å². The molecule has 1 aliphatic carbocycles. The van der Waals surface area contributed by atoms with Crippen LogP contribution in [0.5, 0.6) is 0 Å². The molecule has 1 amide bonds. The Labute approximate surface area is 118 Å². The van der Waals surface area contributed by atoms with E-state index in [2.05, 4.69) is 17.2 Å². The number of nitrogen functional groups attached to an aromatic ring is 1. The first-order valence-corrected chi connectivity index (χ1v) is 7.17. The number of rotatable bonds is 2. The third kappa shape index (κ3) is 3.60. The highest BCUT2D eigenvalue weighted by Crippen LogP contribution is 2.24. The van der Waals surface area contributed by atoms with Gasteiger partial charge in [0.25, 0.3) is 5.91 Å². The van der Waals surface area contributed by atoms with Crippen LogP contribution >= 0.6 is 11.6 Å². The van der Waals surface area contributed by atoms with Gasteiger partial charge in [0.05, 0.1) is 10.6 Å². The fourth-order valence-corrected chi connectivity index (χ4v) is 2.77. The van der Waals surface area contributed by atoms with Gasteiger partial charge in [0.2, 0.25) is 0 Å². The Morgan fingerprint density at radius 3 is 2.95 bits per heavy atom. The second-order valence-electron chi connectivity index (χ2n) is 5.28. The number of hydrogen-bond acceptors (Lipinski definition) is 3. The van der Waals surface area contributed by atoms with Crippen molar-refractivity contribution in [3.05, 3.63) is 22.8 Å². The fourth-order valence-electron chi connectivity index (χ4n) is 2.58. The van der Waals surface area contributed by atoms with Crippen LogP contribution in [-0.4, -0.2) is 16.9 Å². The fraction of sp³-hybridized carbons (Fsp3) is 0.571. The second kappa shape index (κ2) is 6.24. The molecule has 0 spiro atoms. The van der Waals surface area contributed by atoms with Crippen LogP contribution in [0.4, 0.5) is 5.82 Å². The maximum Gasteiger partial charge on any atom is 0.253 e. The molecule has 2 rings (SSSR count). The summed E-state index contributed by atoms with van der Waals surface area (Å²) in [7, 11) is 0. The molecular weight excluding hydrogens is 262 g/mol. The number of pyridine rings is 1. The van der Waals surface area contributed by atoms with E-state index in [1.165, 1.54) is 31.5 Å². The first kappa shape index (κ1) is 14.1. The number of carbonyl (C=O) groups is 1. The summed E-state index contributed by atoms with van der Waals surface area (Å²) in [6, 6.07) is 1.75. The second-order valence-corrected chi connectivity index (χ2v) is 5.69. The third-order valence-corrected chi connectivity index (χ3v) is 4.10. The van der Waals surface area contributed by atoms with Crippen molar-refractivity contribution >= 4 is 23.3 Å².